The van der Waals surface area contributed by atoms with Crippen LogP contribution in [0.4, 0.5) is 17.1 Å². The lowest BCUT2D eigenvalue weighted by Crippen LogP contribution is -2.25. The number of terminal acetylenes is 1. The first-order valence-electron chi connectivity index (χ1n) is 17.9. The average molecular weight is 667 g/mol. The Morgan fingerprint density at radius 2 is 1.21 bits per heavy atom. The van der Waals surface area contributed by atoms with Crippen molar-refractivity contribution in [3.8, 4) is 40.3 Å². The molecular formula is C50H38N2. The van der Waals surface area contributed by atoms with Crippen molar-refractivity contribution in [2.75, 3.05) is 4.90 Å². The third kappa shape index (κ3) is 4.97. The lowest BCUT2D eigenvalue weighted by atomic mass is 9.82. The van der Waals surface area contributed by atoms with Crippen molar-refractivity contribution in [3.05, 3.63) is 179 Å². The first kappa shape index (κ1) is 31.4. The van der Waals surface area contributed by atoms with Crippen LogP contribution in [0.5, 0.6) is 0 Å². The van der Waals surface area contributed by atoms with E-state index in [0.29, 0.717) is 0 Å². The average Bonchev–Trinajstić information content (AvgIpc) is 3.64. The standard InChI is InChI=1S/C50H38N2/c1-5-14-35-23-27-40(31-34(35)6-2)51(41-28-29-43-42-17-10-12-19-46(42)50(3,4)47(43)33-41)39-25-21-36(22-26-39)37-24-30-49-45(32-37)44-18-11-13-20-48(44)52(49)38-15-8-7-9-16-38/h1,6-33H,2-4H3/b34-6-,35-14-. The predicted molar refractivity (Wildman–Crippen MR) is 221 cm³/mol. The van der Waals surface area contributed by atoms with Crippen molar-refractivity contribution >= 4 is 51.0 Å². The van der Waals surface area contributed by atoms with Crippen LogP contribution in [0.2, 0.25) is 0 Å². The highest BCUT2D eigenvalue weighted by atomic mass is 15.1. The van der Waals surface area contributed by atoms with Gasteiger partial charge in [0.2, 0.25) is 0 Å². The van der Waals surface area contributed by atoms with Gasteiger partial charge in [0.15, 0.2) is 0 Å². The maximum absolute atomic E-state index is 5.69. The third-order valence-electron chi connectivity index (χ3n) is 10.8. The van der Waals surface area contributed by atoms with Crippen molar-refractivity contribution in [3.63, 3.8) is 0 Å². The van der Waals surface area contributed by atoms with Crippen LogP contribution < -0.4 is 15.3 Å². The van der Waals surface area contributed by atoms with E-state index in [1.54, 1.807) is 0 Å². The molecule has 1 aliphatic carbocycles. The highest BCUT2D eigenvalue weighted by Crippen LogP contribution is 2.50. The van der Waals surface area contributed by atoms with Gasteiger partial charge in [-0.25, -0.2) is 0 Å². The topological polar surface area (TPSA) is 8.17 Å². The van der Waals surface area contributed by atoms with Gasteiger partial charge in [-0.15, -0.1) is 6.42 Å². The Morgan fingerprint density at radius 3 is 2.02 bits per heavy atom. The monoisotopic (exact) mass is 666 g/mol. The quantitative estimate of drug-likeness (QED) is 0.166. The second kappa shape index (κ2) is 12.3. The number of para-hydroxylation sites is 2. The zero-order valence-corrected chi connectivity index (χ0v) is 29.6. The highest BCUT2D eigenvalue weighted by Gasteiger charge is 2.35. The molecular weight excluding hydrogens is 629 g/mol. The molecule has 0 atom stereocenters. The Balaban J connectivity index is 1.17. The van der Waals surface area contributed by atoms with Gasteiger partial charge in [-0.2, -0.15) is 0 Å². The van der Waals surface area contributed by atoms with Crippen molar-refractivity contribution in [1.29, 1.82) is 0 Å². The zero-order chi connectivity index (χ0) is 35.4. The second-order valence-corrected chi connectivity index (χ2v) is 14.1. The van der Waals surface area contributed by atoms with E-state index >= 15 is 0 Å². The van der Waals surface area contributed by atoms with Crippen molar-refractivity contribution < 1.29 is 0 Å². The van der Waals surface area contributed by atoms with E-state index in [1.807, 2.05) is 6.08 Å². The molecule has 0 unspecified atom stereocenters. The lowest BCUT2D eigenvalue weighted by molar-refractivity contribution is 0.660. The van der Waals surface area contributed by atoms with Crippen molar-refractivity contribution in [1.82, 2.24) is 4.57 Å². The maximum atomic E-state index is 5.69. The van der Waals surface area contributed by atoms with Gasteiger partial charge < -0.3 is 9.47 Å². The van der Waals surface area contributed by atoms with Crippen LogP contribution in [0.3, 0.4) is 0 Å². The molecule has 0 amide bonds. The Morgan fingerprint density at radius 1 is 0.558 bits per heavy atom. The van der Waals surface area contributed by atoms with Crippen LogP contribution in [-0.2, 0) is 5.41 Å². The summed E-state index contributed by atoms with van der Waals surface area (Å²) in [6.07, 6.45) is 9.66. The summed E-state index contributed by atoms with van der Waals surface area (Å²) in [6, 6.07) is 57.4. The molecule has 0 bridgehead atoms. The summed E-state index contributed by atoms with van der Waals surface area (Å²) in [6.45, 7) is 6.74. The smallest absolute Gasteiger partial charge is 0.0541 e. The molecule has 1 aromatic heterocycles. The molecule has 9 rings (SSSR count). The number of aromatic nitrogens is 1. The molecule has 0 spiro atoms. The number of benzene rings is 7. The summed E-state index contributed by atoms with van der Waals surface area (Å²) >= 11 is 0. The predicted octanol–water partition coefficient (Wildman–Crippen LogP) is 11.4. The third-order valence-corrected chi connectivity index (χ3v) is 10.8. The van der Waals surface area contributed by atoms with Gasteiger partial charge in [0.25, 0.3) is 0 Å². The molecule has 248 valence electrons. The van der Waals surface area contributed by atoms with E-state index in [0.717, 1.165) is 27.5 Å². The van der Waals surface area contributed by atoms with Crippen LogP contribution in [0, 0.1) is 12.3 Å². The Kier molecular flexibility index (Phi) is 7.46. The number of anilines is 3. The summed E-state index contributed by atoms with van der Waals surface area (Å²) in [5.41, 5.74) is 14.5. The summed E-state index contributed by atoms with van der Waals surface area (Å²) in [5.74, 6) is 2.71. The highest BCUT2D eigenvalue weighted by molar-refractivity contribution is 6.10. The zero-order valence-electron chi connectivity index (χ0n) is 29.6. The molecule has 0 N–H and O–H groups in total. The molecule has 0 fully saturated rings. The summed E-state index contributed by atoms with van der Waals surface area (Å²) in [5, 5.41) is 4.64. The van der Waals surface area contributed by atoms with Gasteiger partial charge in [-0.1, -0.05) is 117 Å². The minimum atomic E-state index is -0.103. The van der Waals surface area contributed by atoms with Crippen molar-refractivity contribution in [2.45, 2.75) is 26.2 Å². The summed E-state index contributed by atoms with van der Waals surface area (Å²) in [7, 11) is 0. The number of nitrogens with zero attached hydrogens (tertiary/aromatic N) is 2. The molecule has 7 aromatic carbocycles. The molecule has 0 aliphatic heterocycles. The molecule has 1 aliphatic rings. The van der Waals surface area contributed by atoms with Gasteiger partial charge in [0.05, 0.1) is 11.0 Å². The van der Waals surface area contributed by atoms with E-state index in [1.165, 1.54) is 60.9 Å². The normalized spacial score (nSPS) is 13.7. The van der Waals surface area contributed by atoms with E-state index in [2.05, 4.69) is 200 Å². The van der Waals surface area contributed by atoms with Crippen LogP contribution in [0.25, 0.3) is 61.9 Å². The Bertz CT molecular complexity index is 2830. The molecule has 0 saturated carbocycles. The van der Waals surface area contributed by atoms with Gasteiger partial charge in [-0.05, 0) is 124 Å². The fourth-order valence-electron chi connectivity index (χ4n) is 8.26. The minimum Gasteiger partial charge on any atom is -0.310 e. The van der Waals surface area contributed by atoms with Gasteiger partial charge in [0, 0.05) is 38.9 Å². The van der Waals surface area contributed by atoms with E-state index in [-0.39, 0.29) is 5.41 Å². The minimum absolute atomic E-state index is 0.103. The maximum Gasteiger partial charge on any atom is 0.0541 e. The molecule has 0 radical (unpaired) electrons. The van der Waals surface area contributed by atoms with Crippen molar-refractivity contribution in [2.24, 2.45) is 0 Å². The van der Waals surface area contributed by atoms with Crippen LogP contribution in [-0.4, -0.2) is 4.57 Å². The van der Waals surface area contributed by atoms with Crippen LogP contribution in [0.1, 0.15) is 31.9 Å². The molecule has 2 heteroatoms. The molecule has 52 heavy (non-hydrogen) atoms. The first-order valence-corrected chi connectivity index (χ1v) is 17.9. The second-order valence-electron chi connectivity index (χ2n) is 14.1. The summed E-state index contributed by atoms with van der Waals surface area (Å²) < 4.78 is 2.36. The molecule has 8 aromatic rings. The number of hydrogen-bond donors (Lipinski definition) is 0. The number of rotatable bonds is 5. The number of hydrogen-bond acceptors (Lipinski definition) is 1. The van der Waals surface area contributed by atoms with Gasteiger partial charge in [-0.3, -0.25) is 0 Å². The fraction of sp³-hybridized carbons (Fsp3) is 0.0800. The molecule has 0 saturated heterocycles. The lowest BCUT2D eigenvalue weighted by Gasteiger charge is -2.28. The van der Waals surface area contributed by atoms with E-state index in [4.69, 9.17) is 6.42 Å². The van der Waals surface area contributed by atoms with Gasteiger partial charge in [0.1, 0.15) is 0 Å². The molecule has 1 heterocycles. The fourth-order valence-corrected chi connectivity index (χ4v) is 8.26. The first-order chi connectivity index (χ1) is 25.5. The number of fused-ring (bicyclic) bond motifs is 6. The van der Waals surface area contributed by atoms with Crippen LogP contribution >= 0.6 is 0 Å². The van der Waals surface area contributed by atoms with E-state index < -0.39 is 0 Å². The Labute approximate surface area is 305 Å². The Hall–Kier alpha value is -6.56. The van der Waals surface area contributed by atoms with E-state index in [9.17, 15) is 0 Å². The van der Waals surface area contributed by atoms with Crippen LogP contribution in [0.15, 0.2) is 158 Å². The molecule has 2 nitrogen and oxygen atoms in total. The largest absolute Gasteiger partial charge is 0.310 e. The van der Waals surface area contributed by atoms with Gasteiger partial charge >= 0.3 is 0 Å². The SMILES string of the molecule is C#C/C=c1/ccc(N(c2ccc(-c3ccc4c(c3)c3ccccc3n4-c3ccccc3)cc2)c2ccc3c(c2)C(C)(C)c2ccccc2-3)c/c1=C/C. The summed E-state index contributed by atoms with van der Waals surface area (Å²) in [4.78, 5) is 2.37.